The number of benzene rings is 1. The van der Waals surface area contributed by atoms with E-state index < -0.39 is 0 Å². The van der Waals surface area contributed by atoms with Crippen molar-refractivity contribution in [2.24, 2.45) is 0 Å². The number of aromatic nitrogens is 1. The van der Waals surface area contributed by atoms with E-state index in [1.807, 2.05) is 13.3 Å². The van der Waals surface area contributed by atoms with Gasteiger partial charge in [-0.2, -0.15) is 0 Å². The monoisotopic (exact) mass is 252 g/mol. The Morgan fingerprint density at radius 2 is 2.06 bits per heavy atom. The largest absolute Gasteiger partial charge is 0.359 e. The van der Waals surface area contributed by atoms with E-state index in [4.69, 9.17) is 16.1 Å². The minimum absolute atomic E-state index is 0.283. The van der Waals surface area contributed by atoms with Crippen LogP contribution in [0, 0.1) is 12.2 Å². The van der Waals surface area contributed by atoms with Crippen molar-refractivity contribution >= 4 is 11.6 Å². The molecule has 0 bridgehead atoms. The fourth-order valence-electron chi connectivity index (χ4n) is 1.53. The van der Waals surface area contributed by atoms with E-state index in [2.05, 4.69) is 5.16 Å². The third-order valence-electron chi connectivity index (χ3n) is 2.48. The van der Waals surface area contributed by atoms with Crippen LogP contribution in [0.2, 0.25) is 5.02 Å². The zero-order valence-corrected chi connectivity index (χ0v) is 10.2. The zero-order valence-electron chi connectivity index (χ0n) is 9.41. The molecule has 0 aliphatic carbocycles. The van der Waals surface area contributed by atoms with Crippen LogP contribution in [0.3, 0.4) is 0 Å². The second-order valence-corrected chi connectivity index (χ2v) is 4.10. The Hall–Kier alpha value is -1.35. The molecule has 0 N–H and O–H groups in total. The summed E-state index contributed by atoms with van der Waals surface area (Å²) in [6.45, 7) is 1.98. The molecular formula is C13H12ClFNO. The highest BCUT2D eigenvalue weighted by Gasteiger charge is 2.15. The molecule has 1 heterocycles. The lowest BCUT2D eigenvalue weighted by Crippen LogP contribution is -1.83. The maximum atomic E-state index is 12.8. The second kappa shape index (κ2) is 5.32. The van der Waals surface area contributed by atoms with E-state index in [-0.39, 0.29) is 5.82 Å². The van der Waals surface area contributed by atoms with Crippen LogP contribution in [0.1, 0.15) is 19.1 Å². The van der Waals surface area contributed by atoms with Gasteiger partial charge in [-0.05, 0) is 37.1 Å². The van der Waals surface area contributed by atoms with Gasteiger partial charge in [-0.3, -0.25) is 0 Å². The molecule has 1 aromatic carbocycles. The van der Waals surface area contributed by atoms with Crippen LogP contribution in [-0.2, 0) is 6.42 Å². The van der Waals surface area contributed by atoms with Crippen molar-refractivity contribution in [1.29, 1.82) is 0 Å². The summed E-state index contributed by atoms with van der Waals surface area (Å²) in [7, 11) is 0. The maximum Gasteiger partial charge on any atom is 0.155 e. The topological polar surface area (TPSA) is 26.0 Å². The molecule has 2 nitrogen and oxygen atoms in total. The molecule has 0 unspecified atom stereocenters. The number of hydrogen-bond acceptors (Lipinski definition) is 2. The first kappa shape index (κ1) is 12.1. The summed E-state index contributed by atoms with van der Waals surface area (Å²) >= 11 is 6.17. The van der Waals surface area contributed by atoms with E-state index in [0.29, 0.717) is 16.5 Å². The number of unbranched alkanes of at least 4 members (excludes halogenated alkanes) is 1. The Balaban J connectivity index is 2.27. The second-order valence-electron chi connectivity index (χ2n) is 3.72. The third kappa shape index (κ3) is 2.67. The van der Waals surface area contributed by atoms with E-state index in [1.54, 1.807) is 12.1 Å². The SMILES string of the molecule is C[CH]CCc1onc(-c2ccc(F)cc2)c1Cl. The fraction of sp³-hybridized carbons (Fsp3) is 0.231. The van der Waals surface area contributed by atoms with Crippen LogP contribution in [0.4, 0.5) is 4.39 Å². The first-order chi connectivity index (χ1) is 8.22. The van der Waals surface area contributed by atoms with E-state index in [1.165, 1.54) is 12.1 Å². The van der Waals surface area contributed by atoms with Crippen molar-refractivity contribution in [2.75, 3.05) is 0 Å². The molecule has 2 rings (SSSR count). The molecule has 0 atom stereocenters. The summed E-state index contributed by atoms with van der Waals surface area (Å²) in [6.07, 6.45) is 3.65. The van der Waals surface area contributed by atoms with Crippen molar-refractivity contribution in [1.82, 2.24) is 5.16 Å². The average Bonchev–Trinajstić information content (AvgIpc) is 2.69. The molecule has 0 aliphatic heterocycles. The van der Waals surface area contributed by atoms with Gasteiger partial charge in [0.2, 0.25) is 0 Å². The van der Waals surface area contributed by atoms with Gasteiger partial charge in [-0.25, -0.2) is 4.39 Å². The van der Waals surface area contributed by atoms with E-state index in [9.17, 15) is 4.39 Å². The molecule has 0 spiro atoms. The lowest BCUT2D eigenvalue weighted by Gasteiger charge is -1.96. The predicted octanol–water partition coefficient (Wildman–Crippen LogP) is 4.29. The smallest absolute Gasteiger partial charge is 0.155 e. The van der Waals surface area contributed by atoms with Gasteiger partial charge in [-0.1, -0.05) is 23.7 Å². The highest BCUT2D eigenvalue weighted by Crippen LogP contribution is 2.30. The lowest BCUT2D eigenvalue weighted by molar-refractivity contribution is 0.385. The van der Waals surface area contributed by atoms with Crippen LogP contribution in [-0.4, -0.2) is 5.16 Å². The lowest BCUT2D eigenvalue weighted by atomic mass is 10.1. The highest BCUT2D eigenvalue weighted by atomic mass is 35.5. The van der Waals surface area contributed by atoms with Crippen LogP contribution < -0.4 is 0 Å². The average molecular weight is 253 g/mol. The fourth-order valence-corrected chi connectivity index (χ4v) is 1.80. The molecule has 0 amide bonds. The quantitative estimate of drug-likeness (QED) is 0.811. The van der Waals surface area contributed by atoms with Crippen LogP contribution in [0.15, 0.2) is 28.8 Å². The summed E-state index contributed by atoms with van der Waals surface area (Å²) in [5, 5.41) is 4.44. The molecule has 89 valence electrons. The molecule has 0 saturated heterocycles. The minimum atomic E-state index is -0.283. The van der Waals surface area contributed by atoms with Crippen LogP contribution >= 0.6 is 11.6 Å². The Bertz CT molecular complexity index is 493. The zero-order chi connectivity index (χ0) is 12.3. The summed E-state index contributed by atoms with van der Waals surface area (Å²) in [4.78, 5) is 0. The third-order valence-corrected chi connectivity index (χ3v) is 2.87. The number of aryl methyl sites for hydroxylation is 1. The first-order valence-corrected chi connectivity index (χ1v) is 5.78. The van der Waals surface area contributed by atoms with Crippen molar-refractivity contribution in [2.45, 2.75) is 19.8 Å². The van der Waals surface area contributed by atoms with Crippen molar-refractivity contribution in [3.05, 3.63) is 47.3 Å². The summed E-state index contributed by atoms with van der Waals surface area (Å²) in [6, 6.07) is 6.02. The Kier molecular flexibility index (Phi) is 3.79. The Labute approximate surface area is 104 Å². The first-order valence-electron chi connectivity index (χ1n) is 5.40. The summed E-state index contributed by atoms with van der Waals surface area (Å²) < 4.78 is 18.0. The predicted molar refractivity (Wildman–Crippen MR) is 65.2 cm³/mol. The van der Waals surface area contributed by atoms with E-state index >= 15 is 0 Å². The molecule has 4 heteroatoms. The molecule has 1 aromatic heterocycles. The standard InChI is InChI=1S/C13H12ClFNO/c1-2-3-4-11-12(14)13(16-17-11)9-5-7-10(15)8-6-9/h2,5-8H,3-4H2,1H3. The number of hydrogen-bond donors (Lipinski definition) is 0. The van der Waals surface area contributed by atoms with Gasteiger partial charge in [0.25, 0.3) is 0 Å². The van der Waals surface area contributed by atoms with Crippen molar-refractivity contribution in [3.63, 3.8) is 0 Å². The molecule has 0 fully saturated rings. The van der Waals surface area contributed by atoms with Gasteiger partial charge in [0.1, 0.15) is 16.5 Å². The van der Waals surface area contributed by atoms with Crippen LogP contribution in [0.5, 0.6) is 0 Å². The normalized spacial score (nSPS) is 10.8. The minimum Gasteiger partial charge on any atom is -0.359 e. The highest BCUT2D eigenvalue weighted by molar-refractivity contribution is 6.33. The van der Waals surface area contributed by atoms with E-state index in [0.717, 1.165) is 18.4 Å². The molecule has 0 aliphatic rings. The summed E-state index contributed by atoms with van der Waals surface area (Å²) in [5.74, 6) is 0.387. The van der Waals surface area contributed by atoms with Crippen molar-refractivity contribution in [3.8, 4) is 11.3 Å². The molecule has 1 radical (unpaired) electrons. The van der Waals surface area contributed by atoms with Gasteiger partial charge in [0.15, 0.2) is 5.76 Å². The Morgan fingerprint density at radius 3 is 2.71 bits per heavy atom. The van der Waals surface area contributed by atoms with Gasteiger partial charge in [0.05, 0.1) is 0 Å². The van der Waals surface area contributed by atoms with Gasteiger partial charge >= 0.3 is 0 Å². The molecule has 0 saturated carbocycles. The number of halogens is 2. The number of rotatable bonds is 4. The van der Waals surface area contributed by atoms with Gasteiger partial charge in [0, 0.05) is 12.0 Å². The van der Waals surface area contributed by atoms with Gasteiger partial charge in [-0.15, -0.1) is 0 Å². The van der Waals surface area contributed by atoms with Crippen LogP contribution in [0.25, 0.3) is 11.3 Å². The summed E-state index contributed by atoms with van der Waals surface area (Å²) in [5.41, 5.74) is 1.32. The number of nitrogens with zero attached hydrogens (tertiary/aromatic N) is 1. The van der Waals surface area contributed by atoms with Crippen molar-refractivity contribution < 1.29 is 8.91 Å². The Morgan fingerprint density at radius 1 is 1.35 bits per heavy atom. The molecule has 2 aromatic rings. The maximum absolute atomic E-state index is 12.8. The van der Waals surface area contributed by atoms with Gasteiger partial charge < -0.3 is 4.52 Å². The molecular weight excluding hydrogens is 241 g/mol. The molecule has 17 heavy (non-hydrogen) atoms.